The highest BCUT2D eigenvalue weighted by Gasteiger charge is 1.93. The van der Waals surface area contributed by atoms with Crippen LogP contribution in [0.2, 0.25) is 0 Å². The number of phenolic OH excluding ortho intramolecular Hbond substituents is 2. The van der Waals surface area contributed by atoms with Gasteiger partial charge in [-0.15, -0.1) is 0 Å². The van der Waals surface area contributed by atoms with E-state index < -0.39 is 0 Å². The minimum atomic E-state index is 0.146. The van der Waals surface area contributed by atoms with Gasteiger partial charge in [-0.25, -0.2) is 0 Å². The van der Waals surface area contributed by atoms with Crippen molar-refractivity contribution in [3.63, 3.8) is 0 Å². The summed E-state index contributed by atoms with van der Waals surface area (Å²) in [6.45, 7) is 0. The number of rotatable bonds is 2. The molecule has 0 radical (unpaired) electrons. The minimum absolute atomic E-state index is 0.146. The molecule has 2 aromatic carbocycles. The van der Waals surface area contributed by atoms with Crippen molar-refractivity contribution >= 4 is 11.4 Å². The number of hydrogen-bond acceptors (Lipinski definition) is 4. The molecule has 0 aliphatic carbocycles. The summed E-state index contributed by atoms with van der Waals surface area (Å²) in [5.74, 6) is 0.291. The molecule has 16 heavy (non-hydrogen) atoms. The second-order valence-electron chi connectivity index (χ2n) is 3.24. The van der Waals surface area contributed by atoms with Crippen molar-refractivity contribution in [1.82, 2.24) is 0 Å². The van der Waals surface area contributed by atoms with E-state index >= 15 is 0 Å². The lowest BCUT2D eigenvalue weighted by Crippen LogP contribution is -1.66. The van der Waals surface area contributed by atoms with E-state index in [9.17, 15) is 10.2 Å². The van der Waals surface area contributed by atoms with Gasteiger partial charge < -0.3 is 10.2 Å². The molecule has 2 N–H and O–H groups in total. The van der Waals surface area contributed by atoms with Gasteiger partial charge in [0.2, 0.25) is 0 Å². The molecule has 0 heterocycles. The van der Waals surface area contributed by atoms with E-state index in [-0.39, 0.29) is 11.5 Å². The Morgan fingerprint density at radius 1 is 0.688 bits per heavy atom. The minimum Gasteiger partial charge on any atom is -0.508 e. The SMILES string of the molecule is Oc1cccc(/N=N/c2cccc(O)c2)c1. The number of nitrogens with zero attached hydrogens (tertiary/aromatic N) is 2. The first-order valence-electron chi connectivity index (χ1n) is 4.74. The topological polar surface area (TPSA) is 65.2 Å². The second kappa shape index (κ2) is 4.44. The number of azo groups is 1. The maximum absolute atomic E-state index is 9.21. The largest absolute Gasteiger partial charge is 0.508 e. The Labute approximate surface area is 92.5 Å². The maximum atomic E-state index is 9.21. The molecule has 0 saturated heterocycles. The van der Waals surface area contributed by atoms with Gasteiger partial charge in [-0.2, -0.15) is 10.2 Å². The van der Waals surface area contributed by atoms with Crippen LogP contribution in [0, 0.1) is 0 Å². The summed E-state index contributed by atoms with van der Waals surface area (Å²) in [6, 6.07) is 13.0. The van der Waals surface area contributed by atoms with Crippen molar-refractivity contribution in [1.29, 1.82) is 0 Å². The molecular weight excluding hydrogens is 204 g/mol. The van der Waals surface area contributed by atoms with Crippen molar-refractivity contribution in [3.8, 4) is 11.5 Å². The molecule has 0 amide bonds. The summed E-state index contributed by atoms with van der Waals surface area (Å²) in [7, 11) is 0. The summed E-state index contributed by atoms with van der Waals surface area (Å²) in [5.41, 5.74) is 1.12. The van der Waals surface area contributed by atoms with E-state index in [1.54, 1.807) is 36.4 Å². The predicted molar refractivity (Wildman–Crippen MR) is 60.4 cm³/mol. The highest BCUT2D eigenvalue weighted by Crippen LogP contribution is 2.23. The molecule has 80 valence electrons. The lowest BCUT2D eigenvalue weighted by Gasteiger charge is -1.95. The quantitative estimate of drug-likeness (QED) is 0.751. The van der Waals surface area contributed by atoms with E-state index in [2.05, 4.69) is 10.2 Å². The zero-order valence-electron chi connectivity index (χ0n) is 8.41. The van der Waals surface area contributed by atoms with Crippen LogP contribution in [-0.2, 0) is 0 Å². The monoisotopic (exact) mass is 214 g/mol. The standard InChI is InChI=1S/C12H10N2O2/c15-11-5-1-3-9(7-11)13-14-10-4-2-6-12(16)8-10/h1-8,15-16H/b14-13+. The average molecular weight is 214 g/mol. The molecule has 2 aromatic rings. The van der Waals surface area contributed by atoms with Gasteiger partial charge in [-0.1, -0.05) is 12.1 Å². The van der Waals surface area contributed by atoms with Crippen LogP contribution in [0.3, 0.4) is 0 Å². The van der Waals surface area contributed by atoms with Gasteiger partial charge in [0.05, 0.1) is 11.4 Å². The summed E-state index contributed by atoms with van der Waals surface area (Å²) in [4.78, 5) is 0. The molecule has 2 rings (SSSR count). The summed E-state index contributed by atoms with van der Waals surface area (Å²) in [6.07, 6.45) is 0. The van der Waals surface area contributed by atoms with E-state index in [0.717, 1.165) is 0 Å². The van der Waals surface area contributed by atoms with Gasteiger partial charge in [0.25, 0.3) is 0 Å². The lowest BCUT2D eigenvalue weighted by molar-refractivity contribution is 0.474. The van der Waals surface area contributed by atoms with E-state index in [4.69, 9.17) is 0 Å². The van der Waals surface area contributed by atoms with Gasteiger partial charge in [-0.05, 0) is 24.3 Å². The zero-order valence-corrected chi connectivity index (χ0v) is 8.41. The number of phenols is 2. The molecule has 0 spiro atoms. The van der Waals surface area contributed by atoms with Crippen LogP contribution in [0.4, 0.5) is 11.4 Å². The zero-order chi connectivity index (χ0) is 11.4. The first-order valence-corrected chi connectivity index (χ1v) is 4.74. The molecule has 0 unspecified atom stereocenters. The fourth-order valence-electron chi connectivity index (χ4n) is 1.23. The molecule has 0 aromatic heterocycles. The molecule has 4 nitrogen and oxygen atoms in total. The Hall–Kier alpha value is -2.36. The van der Waals surface area contributed by atoms with Crippen molar-refractivity contribution in [2.24, 2.45) is 10.2 Å². The van der Waals surface area contributed by atoms with Gasteiger partial charge in [-0.3, -0.25) is 0 Å². The van der Waals surface area contributed by atoms with Gasteiger partial charge in [0, 0.05) is 12.1 Å². The summed E-state index contributed by atoms with van der Waals surface area (Å²) >= 11 is 0. The highest BCUT2D eigenvalue weighted by atomic mass is 16.3. The normalized spacial score (nSPS) is 10.8. The Morgan fingerprint density at radius 2 is 1.12 bits per heavy atom. The third-order valence-electron chi connectivity index (χ3n) is 1.94. The predicted octanol–water partition coefficient (Wildman–Crippen LogP) is 3.51. The van der Waals surface area contributed by atoms with E-state index in [1.165, 1.54) is 12.1 Å². The summed E-state index contributed by atoms with van der Waals surface area (Å²) in [5, 5.41) is 26.3. The van der Waals surface area contributed by atoms with Crippen LogP contribution in [-0.4, -0.2) is 10.2 Å². The smallest absolute Gasteiger partial charge is 0.117 e. The summed E-state index contributed by atoms with van der Waals surface area (Å²) < 4.78 is 0. The number of aromatic hydroxyl groups is 2. The van der Waals surface area contributed by atoms with Crippen LogP contribution in [0.25, 0.3) is 0 Å². The van der Waals surface area contributed by atoms with Crippen LogP contribution in [0.15, 0.2) is 58.8 Å². The van der Waals surface area contributed by atoms with E-state index in [1.807, 2.05) is 0 Å². The second-order valence-corrected chi connectivity index (χ2v) is 3.24. The fourth-order valence-corrected chi connectivity index (χ4v) is 1.23. The third-order valence-corrected chi connectivity index (χ3v) is 1.94. The first kappa shape index (κ1) is 10.2. The van der Waals surface area contributed by atoms with Crippen LogP contribution in [0.5, 0.6) is 11.5 Å². The Balaban J connectivity index is 2.21. The van der Waals surface area contributed by atoms with Crippen molar-refractivity contribution in [2.45, 2.75) is 0 Å². The first-order chi connectivity index (χ1) is 7.74. The Bertz CT molecular complexity index is 476. The third kappa shape index (κ3) is 2.57. The van der Waals surface area contributed by atoms with Crippen molar-refractivity contribution < 1.29 is 10.2 Å². The fraction of sp³-hybridized carbons (Fsp3) is 0. The van der Waals surface area contributed by atoms with Gasteiger partial charge in [0.15, 0.2) is 0 Å². The molecule has 0 fully saturated rings. The van der Waals surface area contributed by atoms with Gasteiger partial charge >= 0.3 is 0 Å². The Kier molecular flexibility index (Phi) is 2.82. The average Bonchev–Trinajstić information content (AvgIpc) is 2.27. The molecule has 0 aliphatic rings. The molecule has 0 bridgehead atoms. The van der Waals surface area contributed by atoms with Gasteiger partial charge in [0.1, 0.15) is 11.5 Å². The molecule has 0 atom stereocenters. The highest BCUT2D eigenvalue weighted by molar-refractivity contribution is 5.45. The molecule has 4 heteroatoms. The number of benzene rings is 2. The molecular formula is C12H10N2O2. The van der Waals surface area contributed by atoms with Crippen LogP contribution >= 0.6 is 0 Å². The van der Waals surface area contributed by atoms with Crippen molar-refractivity contribution in [3.05, 3.63) is 48.5 Å². The van der Waals surface area contributed by atoms with E-state index in [0.29, 0.717) is 11.4 Å². The Morgan fingerprint density at radius 3 is 1.50 bits per heavy atom. The van der Waals surface area contributed by atoms with Crippen molar-refractivity contribution in [2.75, 3.05) is 0 Å². The number of hydrogen-bond donors (Lipinski definition) is 2. The van der Waals surface area contributed by atoms with Crippen LogP contribution < -0.4 is 0 Å². The molecule has 0 saturated carbocycles. The van der Waals surface area contributed by atoms with Crippen LogP contribution in [0.1, 0.15) is 0 Å². The maximum Gasteiger partial charge on any atom is 0.117 e. The lowest BCUT2D eigenvalue weighted by atomic mass is 10.3. The molecule has 0 aliphatic heterocycles.